The Bertz CT molecular complexity index is 980. The molecule has 0 saturated heterocycles. The zero-order valence-corrected chi connectivity index (χ0v) is 18.9. The first kappa shape index (κ1) is 21.9. The Morgan fingerprint density at radius 1 is 0.406 bits per heavy atom. The summed E-state index contributed by atoms with van der Waals surface area (Å²) >= 11 is 0. The number of hydrogen-bond donors (Lipinski definition) is 0. The van der Waals surface area contributed by atoms with Gasteiger partial charge in [-0.25, -0.2) is 9.59 Å². The van der Waals surface area contributed by atoms with Gasteiger partial charge >= 0.3 is 11.9 Å². The normalized spacial score (nSPS) is 10.7. The van der Waals surface area contributed by atoms with Gasteiger partial charge in [-0.1, -0.05) is 121 Å². The highest BCUT2D eigenvalue weighted by atomic mass is 31.1. The van der Waals surface area contributed by atoms with Crippen LogP contribution in [0.4, 0.5) is 0 Å². The maximum absolute atomic E-state index is 12.8. The van der Waals surface area contributed by atoms with Crippen molar-refractivity contribution in [3.8, 4) is 0 Å². The molecule has 0 unspecified atom stereocenters. The van der Waals surface area contributed by atoms with Crippen molar-refractivity contribution in [3.05, 3.63) is 121 Å². The molecule has 0 N–H and O–H groups in total. The fraction of sp³-hybridized carbons (Fsp3) is 0. The zero-order valence-electron chi connectivity index (χ0n) is 17.1. The average Bonchev–Trinajstić information content (AvgIpc) is 2.87. The number of carbonyl (C=O) groups excluding carboxylic acids is 2. The molecule has 0 saturated carbocycles. The van der Waals surface area contributed by atoms with Gasteiger partial charge < -0.3 is 9.05 Å². The van der Waals surface area contributed by atoms with E-state index in [1.807, 2.05) is 121 Å². The van der Waals surface area contributed by atoms with Gasteiger partial charge in [-0.3, -0.25) is 0 Å². The fourth-order valence-electron chi connectivity index (χ4n) is 3.00. The van der Waals surface area contributed by atoms with Crippen molar-refractivity contribution in [2.75, 3.05) is 0 Å². The van der Waals surface area contributed by atoms with Gasteiger partial charge in [-0.2, -0.15) is 0 Å². The lowest BCUT2D eigenvalue weighted by Gasteiger charge is -2.20. The van der Waals surface area contributed by atoms with E-state index in [2.05, 4.69) is 0 Å². The van der Waals surface area contributed by atoms with Gasteiger partial charge in [0.2, 0.25) is 0 Å². The Labute approximate surface area is 189 Å². The maximum atomic E-state index is 12.8. The maximum Gasteiger partial charge on any atom is 0.420 e. The van der Waals surface area contributed by atoms with Crippen LogP contribution in [0.3, 0.4) is 0 Å². The number of rotatable bonds is 6. The second-order valence-corrected chi connectivity index (χ2v) is 10.3. The summed E-state index contributed by atoms with van der Waals surface area (Å²) < 4.78 is 11.4. The van der Waals surface area contributed by atoms with Gasteiger partial charge in [0.15, 0.2) is 16.3 Å². The SMILES string of the molecule is O=C(OP(c1ccccc1)c1ccccc1)C(=O)OP(c1ccccc1)c1ccccc1. The van der Waals surface area contributed by atoms with Crippen molar-refractivity contribution in [1.29, 1.82) is 0 Å². The van der Waals surface area contributed by atoms with E-state index in [4.69, 9.17) is 9.05 Å². The molecule has 0 amide bonds. The van der Waals surface area contributed by atoms with E-state index < -0.39 is 28.2 Å². The van der Waals surface area contributed by atoms with Gasteiger partial charge in [0.1, 0.15) is 0 Å². The predicted molar refractivity (Wildman–Crippen MR) is 130 cm³/mol. The Kier molecular flexibility index (Phi) is 7.40. The molecule has 0 aliphatic carbocycles. The minimum Gasteiger partial charge on any atom is -0.427 e. The van der Waals surface area contributed by atoms with Crippen LogP contribution in [0.25, 0.3) is 0 Å². The van der Waals surface area contributed by atoms with Crippen LogP contribution in [0.2, 0.25) is 0 Å². The quantitative estimate of drug-likeness (QED) is 0.322. The lowest BCUT2D eigenvalue weighted by Crippen LogP contribution is -2.25. The van der Waals surface area contributed by atoms with E-state index in [-0.39, 0.29) is 0 Å². The molecule has 0 heterocycles. The minimum atomic E-state index is -1.50. The molecule has 0 atom stereocenters. The van der Waals surface area contributed by atoms with E-state index in [0.717, 1.165) is 21.2 Å². The molecule has 0 aliphatic rings. The zero-order chi connectivity index (χ0) is 22.2. The van der Waals surface area contributed by atoms with Gasteiger partial charge in [0.25, 0.3) is 0 Å². The molecule has 0 aromatic heterocycles. The third kappa shape index (κ3) is 5.48. The fourth-order valence-corrected chi connectivity index (χ4v) is 6.27. The van der Waals surface area contributed by atoms with Crippen LogP contribution in [0, 0.1) is 0 Å². The Morgan fingerprint density at radius 3 is 0.844 bits per heavy atom. The van der Waals surface area contributed by atoms with Crippen molar-refractivity contribution in [2.45, 2.75) is 0 Å². The highest BCUT2D eigenvalue weighted by molar-refractivity contribution is 7.69. The second kappa shape index (κ2) is 10.8. The first-order chi connectivity index (χ1) is 15.7. The third-order valence-corrected chi connectivity index (χ3v) is 8.24. The van der Waals surface area contributed by atoms with E-state index >= 15 is 0 Å². The monoisotopic (exact) mass is 458 g/mol. The molecule has 0 radical (unpaired) electrons. The van der Waals surface area contributed by atoms with Crippen molar-refractivity contribution < 1.29 is 18.6 Å². The summed E-state index contributed by atoms with van der Waals surface area (Å²) in [6.07, 6.45) is 0. The van der Waals surface area contributed by atoms with Crippen molar-refractivity contribution in [1.82, 2.24) is 0 Å². The minimum absolute atomic E-state index is 0.836. The van der Waals surface area contributed by atoms with E-state index in [0.29, 0.717) is 0 Å². The molecule has 32 heavy (non-hydrogen) atoms. The van der Waals surface area contributed by atoms with Crippen molar-refractivity contribution in [3.63, 3.8) is 0 Å². The molecule has 0 aliphatic heterocycles. The first-order valence-electron chi connectivity index (χ1n) is 9.97. The summed E-state index contributed by atoms with van der Waals surface area (Å²) in [7, 11) is -3.00. The molecule has 0 spiro atoms. The lowest BCUT2D eigenvalue weighted by atomic mass is 10.4. The third-order valence-electron chi connectivity index (χ3n) is 4.48. The largest absolute Gasteiger partial charge is 0.427 e. The molecule has 0 fully saturated rings. The van der Waals surface area contributed by atoms with Crippen LogP contribution in [0.15, 0.2) is 121 Å². The van der Waals surface area contributed by atoms with E-state index in [9.17, 15) is 9.59 Å². The van der Waals surface area contributed by atoms with E-state index in [1.54, 1.807) is 0 Å². The van der Waals surface area contributed by atoms with Crippen molar-refractivity contribution >= 4 is 49.5 Å². The van der Waals surface area contributed by atoms with Gasteiger partial charge in [0, 0.05) is 21.2 Å². The van der Waals surface area contributed by atoms with Crippen LogP contribution in [-0.2, 0) is 18.6 Å². The Morgan fingerprint density at radius 2 is 0.625 bits per heavy atom. The molecular formula is C26H20O4P2. The smallest absolute Gasteiger partial charge is 0.420 e. The van der Waals surface area contributed by atoms with Crippen LogP contribution < -0.4 is 21.2 Å². The molecule has 4 rings (SSSR count). The van der Waals surface area contributed by atoms with Crippen LogP contribution in [-0.4, -0.2) is 11.9 Å². The summed E-state index contributed by atoms with van der Waals surface area (Å²) in [5, 5.41) is 3.35. The highest BCUT2D eigenvalue weighted by Gasteiger charge is 2.29. The molecular weight excluding hydrogens is 438 g/mol. The number of benzene rings is 4. The summed E-state index contributed by atoms with van der Waals surface area (Å²) in [6.45, 7) is 0. The summed E-state index contributed by atoms with van der Waals surface area (Å²) in [4.78, 5) is 25.7. The van der Waals surface area contributed by atoms with Gasteiger partial charge in [-0.05, 0) is 0 Å². The van der Waals surface area contributed by atoms with Crippen molar-refractivity contribution in [2.24, 2.45) is 0 Å². The molecule has 4 aromatic carbocycles. The first-order valence-corrected chi connectivity index (χ1v) is 12.5. The molecule has 0 bridgehead atoms. The Balaban J connectivity index is 1.57. The van der Waals surface area contributed by atoms with Crippen LogP contribution in [0.5, 0.6) is 0 Å². The standard InChI is InChI=1S/C26H20O4P2/c27-25(29-31(21-13-5-1-6-14-21)22-15-7-2-8-16-22)26(28)30-32(23-17-9-3-10-18-23)24-19-11-4-12-20-24/h1-20H. The van der Waals surface area contributed by atoms with Crippen LogP contribution in [0.1, 0.15) is 0 Å². The van der Waals surface area contributed by atoms with Gasteiger partial charge in [-0.15, -0.1) is 0 Å². The number of hydrogen-bond acceptors (Lipinski definition) is 4. The number of carbonyl (C=O) groups is 2. The summed E-state index contributed by atoms with van der Waals surface area (Å²) in [5.74, 6) is -1.99. The summed E-state index contributed by atoms with van der Waals surface area (Å²) in [6, 6.07) is 37.7. The molecule has 4 aromatic rings. The van der Waals surface area contributed by atoms with Crippen LogP contribution >= 0.6 is 16.3 Å². The van der Waals surface area contributed by atoms with Gasteiger partial charge in [0.05, 0.1) is 0 Å². The highest BCUT2D eigenvalue weighted by Crippen LogP contribution is 2.38. The lowest BCUT2D eigenvalue weighted by molar-refractivity contribution is -0.155. The molecule has 158 valence electrons. The molecule has 6 heteroatoms. The molecule has 4 nitrogen and oxygen atoms in total. The average molecular weight is 458 g/mol. The predicted octanol–water partition coefficient (Wildman–Crippen LogP) is 4.17. The second-order valence-electron chi connectivity index (χ2n) is 6.69. The summed E-state index contributed by atoms with van der Waals surface area (Å²) in [5.41, 5.74) is 0. The topological polar surface area (TPSA) is 52.6 Å². The van der Waals surface area contributed by atoms with E-state index in [1.165, 1.54) is 0 Å². The Hall–Kier alpha value is -3.32.